The van der Waals surface area contributed by atoms with Crippen molar-refractivity contribution in [2.45, 2.75) is 19.8 Å². The molecule has 0 radical (unpaired) electrons. The van der Waals surface area contributed by atoms with Gasteiger partial charge in [0, 0.05) is 19.8 Å². The van der Waals surface area contributed by atoms with Crippen LogP contribution in [0.2, 0.25) is 0 Å². The second kappa shape index (κ2) is 5.96. The number of carbonyl (C=O) groups is 1. The smallest absolute Gasteiger partial charge is 0.254 e. The number of rotatable bonds is 6. The standard InChI is InChI=1S/C10H18N4O3S/c1-3-9-8(7-14(2)13-9)10(15)12-5-4-6-18(11,16)17/h7H,3-6H2,1-2H3,(H,12,15)(H2,11,16,17). The van der Waals surface area contributed by atoms with E-state index < -0.39 is 10.0 Å². The first-order valence-electron chi connectivity index (χ1n) is 5.64. The molecular formula is C10H18N4O3S. The highest BCUT2D eigenvalue weighted by Crippen LogP contribution is 2.06. The van der Waals surface area contributed by atoms with E-state index in [1.165, 1.54) is 0 Å². The maximum atomic E-state index is 11.8. The number of amides is 1. The van der Waals surface area contributed by atoms with E-state index in [2.05, 4.69) is 10.4 Å². The Hall–Kier alpha value is -1.41. The van der Waals surface area contributed by atoms with Gasteiger partial charge in [-0.25, -0.2) is 13.6 Å². The first-order chi connectivity index (χ1) is 8.33. The van der Waals surface area contributed by atoms with Crippen molar-refractivity contribution in [3.8, 4) is 0 Å². The van der Waals surface area contributed by atoms with Crippen molar-refractivity contribution in [2.75, 3.05) is 12.3 Å². The third kappa shape index (κ3) is 4.46. The molecule has 0 atom stereocenters. The Morgan fingerprint density at radius 2 is 2.22 bits per heavy atom. The number of primary sulfonamides is 1. The van der Waals surface area contributed by atoms with E-state index in [9.17, 15) is 13.2 Å². The fraction of sp³-hybridized carbons (Fsp3) is 0.600. The van der Waals surface area contributed by atoms with E-state index in [0.717, 1.165) is 5.69 Å². The highest BCUT2D eigenvalue weighted by molar-refractivity contribution is 7.89. The number of aromatic nitrogens is 2. The van der Waals surface area contributed by atoms with Gasteiger partial charge < -0.3 is 5.32 Å². The van der Waals surface area contributed by atoms with Crippen LogP contribution in [0, 0.1) is 0 Å². The number of nitrogens with two attached hydrogens (primary N) is 1. The SMILES string of the molecule is CCc1nn(C)cc1C(=O)NCCCS(N)(=O)=O. The summed E-state index contributed by atoms with van der Waals surface area (Å²) >= 11 is 0. The fourth-order valence-corrected chi connectivity index (χ4v) is 2.10. The van der Waals surface area contributed by atoms with Crippen molar-refractivity contribution in [1.29, 1.82) is 0 Å². The van der Waals surface area contributed by atoms with Gasteiger partial charge in [-0.1, -0.05) is 6.92 Å². The van der Waals surface area contributed by atoms with Crippen molar-refractivity contribution >= 4 is 15.9 Å². The van der Waals surface area contributed by atoms with Crippen LogP contribution >= 0.6 is 0 Å². The molecule has 8 heteroatoms. The fourth-order valence-electron chi connectivity index (χ4n) is 1.56. The Morgan fingerprint density at radius 3 is 2.78 bits per heavy atom. The van der Waals surface area contributed by atoms with E-state index >= 15 is 0 Å². The second-order valence-corrected chi connectivity index (χ2v) is 5.73. The zero-order chi connectivity index (χ0) is 13.8. The minimum Gasteiger partial charge on any atom is -0.352 e. The zero-order valence-electron chi connectivity index (χ0n) is 10.5. The Balaban J connectivity index is 2.50. The Bertz CT molecular complexity index is 521. The van der Waals surface area contributed by atoms with Gasteiger partial charge in [-0.2, -0.15) is 5.10 Å². The average molecular weight is 274 g/mol. The van der Waals surface area contributed by atoms with Crippen LogP contribution in [0.15, 0.2) is 6.20 Å². The summed E-state index contributed by atoms with van der Waals surface area (Å²) in [5.41, 5.74) is 1.25. The van der Waals surface area contributed by atoms with Gasteiger partial charge in [-0.05, 0) is 12.8 Å². The summed E-state index contributed by atoms with van der Waals surface area (Å²) in [6.07, 6.45) is 2.61. The number of nitrogens with one attached hydrogen (secondary N) is 1. The molecule has 0 aliphatic carbocycles. The minimum absolute atomic E-state index is 0.138. The topological polar surface area (TPSA) is 107 Å². The highest BCUT2D eigenvalue weighted by atomic mass is 32.2. The summed E-state index contributed by atoms with van der Waals surface area (Å²) in [6.45, 7) is 2.19. The molecule has 102 valence electrons. The molecule has 0 unspecified atom stereocenters. The molecule has 0 aromatic carbocycles. The average Bonchev–Trinajstić information content (AvgIpc) is 2.64. The highest BCUT2D eigenvalue weighted by Gasteiger charge is 2.13. The Kier molecular flexibility index (Phi) is 4.85. The van der Waals surface area contributed by atoms with Crippen LogP contribution in [0.1, 0.15) is 29.4 Å². The van der Waals surface area contributed by atoms with Crippen molar-refractivity contribution < 1.29 is 13.2 Å². The maximum absolute atomic E-state index is 11.8. The van der Waals surface area contributed by atoms with Crippen LogP contribution in [-0.4, -0.2) is 36.4 Å². The van der Waals surface area contributed by atoms with E-state index in [4.69, 9.17) is 5.14 Å². The monoisotopic (exact) mass is 274 g/mol. The summed E-state index contributed by atoms with van der Waals surface area (Å²) < 4.78 is 23.0. The lowest BCUT2D eigenvalue weighted by Gasteiger charge is -2.03. The van der Waals surface area contributed by atoms with Gasteiger partial charge in [0.1, 0.15) is 0 Å². The molecular weight excluding hydrogens is 256 g/mol. The van der Waals surface area contributed by atoms with E-state index in [1.807, 2.05) is 6.92 Å². The molecule has 0 saturated carbocycles. The van der Waals surface area contributed by atoms with Crippen LogP contribution in [0.5, 0.6) is 0 Å². The summed E-state index contributed by atoms with van der Waals surface area (Å²) in [7, 11) is -1.72. The lowest BCUT2D eigenvalue weighted by molar-refractivity contribution is 0.0952. The van der Waals surface area contributed by atoms with Gasteiger partial charge in [0.15, 0.2) is 0 Å². The molecule has 0 saturated heterocycles. The molecule has 0 bridgehead atoms. The summed E-state index contributed by atoms with van der Waals surface area (Å²) in [5, 5.41) is 11.7. The molecule has 0 fully saturated rings. The molecule has 3 N–H and O–H groups in total. The van der Waals surface area contributed by atoms with Crippen molar-refractivity contribution in [2.24, 2.45) is 12.2 Å². The molecule has 0 spiro atoms. The number of hydrogen-bond acceptors (Lipinski definition) is 4. The maximum Gasteiger partial charge on any atom is 0.254 e. The predicted molar refractivity (Wildman–Crippen MR) is 67.5 cm³/mol. The van der Waals surface area contributed by atoms with Crippen LogP contribution in [-0.2, 0) is 23.5 Å². The van der Waals surface area contributed by atoms with Crippen molar-refractivity contribution in [3.63, 3.8) is 0 Å². The van der Waals surface area contributed by atoms with Crippen LogP contribution in [0.3, 0.4) is 0 Å². The van der Waals surface area contributed by atoms with Crippen LogP contribution in [0.4, 0.5) is 0 Å². The van der Waals surface area contributed by atoms with Gasteiger partial charge in [0.25, 0.3) is 5.91 Å². The Labute approximate surface area is 106 Å². The lowest BCUT2D eigenvalue weighted by atomic mass is 10.2. The number of sulfonamides is 1. The number of hydrogen-bond donors (Lipinski definition) is 2. The Morgan fingerprint density at radius 1 is 1.56 bits per heavy atom. The normalized spacial score (nSPS) is 11.5. The van der Waals surface area contributed by atoms with E-state index in [0.29, 0.717) is 18.4 Å². The molecule has 1 aromatic rings. The largest absolute Gasteiger partial charge is 0.352 e. The molecule has 18 heavy (non-hydrogen) atoms. The van der Waals surface area contributed by atoms with Gasteiger partial charge >= 0.3 is 0 Å². The van der Waals surface area contributed by atoms with Gasteiger partial charge in [0.05, 0.1) is 17.0 Å². The third-order valence-electron chi connectivity index (χ3n) is 2.38. The van der Waals surface area contributed by atoms with Gasteiger partial charge in [0.2, 0.25) is 10.0 Å². The molecule has 1 heterocycles. The van der Waals surface area contributed by atoms with Gasteiger partial charge in [-0.15, -0.1) is 0 Å². The molecule has 1 aromatic heterocycles. The number of nitrogens with zero attached hydrogens (tertiary/aromatic N) is 2. The zero-order valence-corrected chi connectivity index (χ0v) is 11.3. The van der Waals surface area contributed by atoms with Crippen molar-refractivity contribution in [1.82, 2.24) is 15.1 Å². The first kappa shape index (κ1) is 14.7. The van der Waals surface area contributed by atoms with Crippen molar-refractivity contribution in [3.05, 3.63) is 17.5 Å². The van der Waals surface area contributed by atoms with Gasteiger partial charge in [-0.3, -0.25) is 9.48 Å². The lowest BCUT2D eigenvalue weighted by Crippen LogP contribution is -2.27. The quantitative estimate of drug-likeness (QED) is 0.675. The second-order valence-electron chi connectivity index (χ2n) is 3.99. The summed E-state index contributed by atoms with van der Waals surface area (Å²) in [6, 6.07) is 0. The molecule has 1 amide bonds. The van der Waals surface area contributed by atoms with E-state index in [-0.39, 0.29) is 18.2 Å². The minimum atomic E-state index is -3.46. The van der Waals surface area contributed by atoms with Crippen LogP contribution in [0.25, 0.3) is 0 Å². The number of carbonyl (C=O) groups excluding carboxylic acids is 1. The molecule has 0 aliphatic heterocycles. The summed E-state index contributed by atoms with van der Waals surface area (Å²) in [5.74, 6) is -0.379. The van der Waals surface area contributed by atoms with Crippen LogP contribution < -0.4 is 10.5 Å². The number of aryl methyl sites for hydroxylation is 2. The summed E-state index contributed by atoms with van der Waals surface area (Å²) in [4.78, 5) is 11.8. The van der Waals surface area contributed by atoms with E-state index in [1.54, 1.807) is 17.9 Å². The first-order valence-corrected chi connectivity index (χ1v) is 7.36. The predicted octanol–water partition coefficient (Wildman–Crippen LogP) is -0.609. The third-order valence-corrected chi connectivity index (χ3v) is 3.23. The molecule has 7 nitrogen and oxygen atoms in total. The molecule has 0 aliphatic rings. The molecule has 1 rings (SSSR count).